The summed E-state index contributed by atoms with van der Waals surface area (Å²) in [5.41, 5.74) is 3.28. The summed E-state index contributed by atoms with van der Waals surface area (Å²) in [6, 6.07) is 0.623. The van der Waals surface area contributed by atoms with E-state index in [9.17, 15) is 0 Å². The molecule has 0 radical (unpaired) electrons. The Hall–Kier alpha value is -0.580. The Morgan fingerprint density at radius 3 is 2.77 bits per heavy atom. The molecule has 1 fully saturated rings. The van der Waals surface area contributed by atoms with Gasteiger partial charge in [0.15, 0.2) is 0 Å². The zero-order chi connectivity index (χ0) is 9.10. The zero-order valence-corrected chi connectivity index (χ0v) is 7.99. The Kier molecular flexibility index (Phi) is 2.83. The average Bonchev–Trinajstić information content (AvgIpc) is 2.67. The van der Waals surface area contributed by atoms with E-state index in [1.54, 1.807) is 7.11 Å². The van der Waals surface area contributed by atoms with E-state index in [0.29, 0.717) is 6.04 Å². The molecule has 0 spiro atoms. The molecule has 2 N–H and O–H groups in total. The molecule has 1 unspecified atom stereocenters. The molecule has 0 aromatic heterocycles. The SMILES string of the molecule is COC1C=CN(C2CCNCC2)N1. The van der Waals surface area contributed by atoms with E-state index in [-0.39, 0.29) is 6.23 Å². The third kappa shape index (κ3) is 2.02. The van der Waals surface area contributed by atoms with Crippen LogP contribution >= 0.6 is 0 Å². The second-order valence-corrected chi connectivity index (χ2v) is 3.52. The predicted octanol–water partition coefficient (Wildman–Crippen LogP) is 0.0448. The van der Waals surface area contributed by atoms with Gasteiger partial charge in [0.25, 0.3) is 0 Å². The lowest BCUT2D eigenvalue weighted by atomic mass is 10.1. The van der Waals surface area contributed by atoms with Crippen molar-refractivity contribution in [2.24, 2.45) is 0 Å². The van der Waals surface area contributed by atoms with Gasteiger partial charge in [0, 0.05) is 19.4 Å². The van der Waals surface area contributed by atoms with Crippen LogP contribution in [0.1, 0.15) is 12.8 Å². The number of hydrogen-bond acceptors (Lipinski definition) is 4. The van der Waals surface area contributed by atoms with Gasteiger partial charge in [-0.05, 0) is 32.0 Å². The molecule has 0 aliphatic carbocycles. The van der Waals surface area contributed by atoms with Gasteiger partial charge in [-0.1, -0.05) is 0 Å². The Balaban J connectivity index is 1.84. The lowest BCUT2D eigenvalue weighted by molar-refractivity contribution is 0.0486. The summed E-state index contributed by atoms with van der Waals surface area (Å²) < 4.78 is 5.18. The Bertz CT molecular complexity index is 189. The highest BCUT2D eigenvalue weighted by atomic mass is 16.5. The summed E-state index contributed by atoms with van der Waals surface area (Å²) in [4.78, 5) is 0. The van der Waals surface area contributed by atoms with Crippen molar-refractivity contribution in [3.63, 3.8) is 0 Å². The van der Waals surface area contributed by atoms with Crippen molar-refractivity contribution < 1.29 is 4.74 Å². The number of rotatable bonds is 2. The first-order valence-corrected chi connectivity index (χ1v) is 4.86. The molecule has 1 atom stereocenters. The second kappa shape index (κ2) is 4.09. The van der Waals surface area contributed by atoms with Crippen molar-refractivity contribution in [3.05, 3.63) is 12.3 Å². The number of piperidine rings is 1. The number of nitrogens with one attached hydrogen (secondary N) is 2. The van der Waals surface area contributed by atoms with Gasteiger partial charge in [-0.3, -0.25) is 0 Å². The molecule has 2 aliphatic heterocycles. The van der Waals surface area contributed by atoms with Gasteiger partial charge in [-0.2, -0.15) is 0 Å². The summed E-state index contributed by atoms with van der Waals surface area (Å²) in [7, 11) is 1.72. The molecule has 4 heteroatoms. The minimum atomic E-state index is 0.0647. The van der Waals surface area contributed by atoms with Gasteiger partial charge in [-0.15, -0.1) is 0 Å². The van der Waals surface area contributed by atoms with Crippen LogP contribution in [0.5, 0.6) is 0 Å². The minimum absolute atomic E-state index is 0.0647. The maximum Gasteiger partial charge on any atom is 0.145 e. The van der Waals surface area contributed by atoms with Crippen LogP contribution in [0, 0.1) is 0 Å². The largest absolute Gasteiger partial charge is 0.361 e. The van der Waals surface area contributed by atoms with Gasteiger partial charge in [0.2, 0.25) is 0 Å². The first kappa shape index (κ1) is 8.99. The van der Waals surface area contributed by atoms with E-state index in [1.807, 2.05) is 6.08 Å². The van der Waals surface area contributed by atoms with E-state index in [1.165, 1.54) is 12.8 Å². The van der Waals surface area contributed by atoms with E-state index in [0.717, 1.165) is 13.1 Å². The van der Waals surface area contributed by atoms with Crippen molar-refractivity contribution in [2.45, 2.75) is 25.1 Å². The number of hydrazine groups is 1. The van der Waals surface area contributed by atoms with Gasteiger partial charge < -0.3 is 15.1 Å². The topological polar surface area (TPSA) is 36.5 Å². The second-order valence-electron chi connectivity index (χ2n) is 3.52. The van der Waals surface area contributed by atoms with E-state index in [4.69, 9.17) is 4.74 Å². The number of ether oxygens (including phenoxy) is 1. The molecule has 2 heterocycles. The first-order valence-electron chi connectivity index (χ1n) is 4.86. The van der Waals surface area contributed by atoms with Crippen molar-refractivity contribution in [1.82, 2.24) is 15.8 Å². The predicted molar refractivity (Wildman–Crippen MR) is 50.8 cm³/mol. The fourth-order valence-corrected chi connectivity index (χ4v) is 1.85. The molecule has 2 aliphatic rings. The highest BCUT2D eigenvalue weighted by molar-refractivity contribution is 4.97. The summed E-state index contributed by atoms with van der Waals surface area (Å²) in [5, 5.41) is 5.53. The molecular weight excluding hydrogens is 166 g/mol. The fourth-order valence-electron chi connectivity index (χ4n) is 1.85. The minimum Gasteiger partial charge on any atom is -0.361 e. The Morgan fingerprint density at radius 1 is 1.38 bits per heavy atom. The van der Waals surface area contributed by atoms with Crippen LogP contribution in [0.4, 0.5) is 0 Å². The molecule has 0 saturated carbocycles. The van der Waals surface area contributed by atoms with Crippen molar-refractivity contribution in [1.29, 1.82) is 0 Å². The molecule has 0 bridgehead atoms. The third-order valence-electron chi connectivity index (χ3n) is 2.65. The molecule has 0 aromatic rings. The molecule has 74 valence electrons. The van der Waals surface area contributed by atoms with E-state index >= 15 is 0 Å². The highest BCUT2D eigenvalue weighted by Crippen LogP contribution is 2.14. The highest BCUT2D eigenvalue weighted by Gasteiger charge is 2.23. The summed E-state index contributed by atoms with van der Waals surface area (Å²) in [5.74, 6) is 0. The zero-order valence-electron chi connectivity index (χ0n) is 7.99. The summed E-state index contributed by atoms with van der Waals surface area (Å²) in [6.45, 7) is 2.24. The van der Waals surface area contributed by atoms with Gasteiger partial charge in [0.1, 0.15) is 6.23 Å². The standard InChI is InChI=1S/C9H17N3O/c1-13-9-4-7-12(11-9)8-2-5-10-6-3-8/h4,7-11H,2-3,5-6H2,1H3. The lowest BCUT2D eigenvalue weighted by Crippen LogP contribution is -2.47. The normalized spacial score (nSPS) is 29.9. The van der Waals surface area contributed by atoms with Crippen molar-refractivity contribution >= 4 is 0 Å². The van der Waals surface area contributed by atoms with E-state index in [2.05, 4.69) is 22.0 Å². The van der Waals surface area contributed by atoms with Crippen LogP contribution < -0.4 is 10.7 Å². The average molecular weight is 183 g/mol. The van der Waals surface area contributed by atoms with Gasteiger partial charge in [-0.25, -0.2) is 5.43 Å². The molecule has 4 nitrogen and oxygen atoms in total. The fraction of sp³-hybridized carbons (Fsp3) is 0.778. The third-order valence-corrected chi connectivity index (χ3v) is 2.65. The van der Waals surface area contributed by atoms with Crippen LogP contribution in [-0.4, -0.2) is 37.5 Å². The first-order chi connectivity index (χ1) is 6.40. The summed E-state index contributed by atoms with van der Waals surface area (Å²) in [6.07, 6.45) is 6.60. The maximum absolute atomic E-state index is 5.18. The Labute approximate surface area is 78.9 Å². The summed E-state index contributed by atoms with van der Waals surface area (Å²) >= 11 is 0. The quantitative estimate of drug-likeness (QED) is 0.634. The number of methoxy groups -OCH3 is 1. The van der Waals surface area contributed by atoms with Crippen LogP contribution in [0.25, 0.3) is 0 Å². The van der Waals surface area contributed by atoms with E-state index < -0.39 is 0 Å². The van der Waals surface area contributed by atoms with Gasteiger partial charge in [0.05, 0.1) is 0 Å². The molecule has 0 amide bonds. The maximum atomic E-state index is 5.18. The van der Waals surface area contributed by atoms with Crippen LogP contribution in [-0.2, 0) is 4.74 Å². The number of nitrogens with zero attached hydrogens (tertiary/aromatic N) is 1. The van der Waals surface area contributed by atoms with Crippen LogP contribution in [0.2, 0.25) is 0 Å². The monoisotopic (exact) mass is 183 g/mol. The molecule has 2 rings (SSSR count). The van der Waals surface area contributed by atoms with Gasteiger partial charge >= 0.3 is 0 Å². The van der Waals surface area contributed by atoms with Crippen LogP contribution in [0.3, 0.4) is 0 Å². The molecule has 1 saturated heterocycles. The van der Waals surface area contributed by atoms with Crippen LogP contribution in [0.15, 0.2) is 12.3 Å². The lowest BCUT2D eigenvalue weighted by Gasteiger charge is -2.32. The molecular formula is C9H17N3O. The van der Waals surface area contributed by atoms with Crippen molar-refractivity contribution in [2.75, 3.05) is 20.2 Å². The van der Waals surface area contributed by atoms with Crippen molar-refractivity contribution in [3.8, 4) is 0 Å². The molecule has 13 heavy (non-hydrogen) atoms. The number of hydrogen-bond donors (Lipinski definition) is 2. The Morgan fingerprint density at radius 2 is 2.15 bits per heavy atom. The smallest absolute Gasteiger partial charge is 0.145 e. The molecule has 0 aromatic carbocycles.